The highest BCUT2D eigenvalue weighted by Gasteiger charge is 2.14. The van der Waals surface area contributed by atoms with Crippen molar-refractivity contribution in [2.24, 2.45) is 0 Å². The summed E-state index contributed by atoms with van der Waals surface area (Å²) in [5.41, 5.74) is 2.03. The number of hydrogen-bond acceptors (Lipinski definition) is 3. The summed E-state index contributed by atoms with van der Waals surface area (Å²) in [5.74, 6) is 1.55. The zero-order valence-electron chi connectivity index (χ0n) is 11.5. The Balaban J connectivity index is 2.18. The topological polar surface area (TPSA) is 29.5 Å². The summed E-state index contributed by atoms with van der Waals surface area (Å²) in [6.45, 7) is 1.75. The van der Waals surface area contributed by atoms with E-state index in [-0.39, 0.29) is 0 Å². The molecule has 2 rings (SSSR count). The lowest BCUT2D eigenvalue weighted by atomic mass is 10.1. The second kappa shape index (κ2) is 7.02. The molecule has 2 aromatic rings. The number of ether oxygens (including phenoxy) is 1. The molecule has 20 heavy (non-hydrogen) atoms. The summed E-state index contributed by atoms with van der Waals surface area (Å²) in [6, 6.07) is 13.6. The Morgan fingerprint density at radius 3 is 2.50 bits per heavy atom. The average molecular weight is 309 g/mol. The summed E-state index contributed by atoms with van der Waals surface area (Å²) in [5, 5.41) is 10.7. The molecule has 0 spiro atoms. The van der Waals surface area contributed by atoms with Crippen LogP contribution >= 0.6 is 23.4 Å². The standard InChI is InChI=1S/C16H17ClO2S/c1-11(18)16-14(19-2)4-3-5-15(16)20-10-12-6-8-13(17)9-7-12/h3-9,11,18H,10H2,1-2H3/t11-/m1/s1. The van der Waals surface area contributed by atoms with Crippen molar-refractivity contribution in [2.75, 3.05) is 7.11 Å². The van der Waals surface area contributed by atoms with Gasteiger partial charge in [-0.3, -0.25) is 0 Å². The third kappa shape index (κ3) is 3.69. The van der Waals surface area contributed by atoms with Crippen LogP contribution in [0.1, 0.15) is 24.2 Å². The fourth-order valence-electron chi connectivity index (χ4n) is 1.98. The monoisotopic (exact) mass is 308 g/mol. The molecule has 4 heteroatoms. The molecule has 2 aromatic carbocycles. The zero-order valence-corrected chi connectivity index (χ0v) is 13.0. The van der Waals surface area contributed by atoms with Crippen molar-refractivity contribution in [3.8, 4) is 5.75 Å². The molecule has 0 saturated heterocycles. The number of benzene rings is 2. The van der Waals surface area contributed by atoms with Crippen LogP contribution in [0.4, 0.5) is 0 Å². The summed E-state index contributed by atoms with van der Waals surface area (Å²) < 4.78 is 5.32. The van der Waals surface area contributed by atoms with E-state index in [4.69, 9.17) is 16.3 Å². The number of rotatable bonds is 5. The number of hydrogen-bond donors (Lipinski definition) is 1. The molecule has 0 aliphatic heterocycles. The van der Waals surface area contributed by atoms with E-state index in [1.807, 2.05) is 42.5 Å². The Hall–Kier alpha value is -1.16. The first-order valence-corrected chi connectivity index (χ1v) is 7.70. The van der Waals surface area contributed by atoms with Crippen molar-refractivity contribution in [1.29, 1.82) is 0 Å². The molecule has 1 atom stereocenters. The molecule has 0 radical (unpaired) electrons. The van der Waals surface area contributed by atoms with Gasteiger partial charge in [0.2, 0.25) is 0 Å². The first kappa shape index (κ1) is 15.2. The van der Waals surface area contributed by atoms with Gasteiger partial charge in [-0.2, -0.15) is 0 Å². The molecule has 0 aliphatic carbocycles. The summed E-state index contributed by atoms with van der Waals surface area (Å²) in [7, 11) is 1.62. The first-order valence-electron chi connectivity index (χ1n) is 6.34. The number of methoxy groups -OCH3 is 1. The van der Waals surface area contributed by atoms with E-state index in [9.17, 15) is 5.11 Å². The Morgan fingerprint density at radius 2 is 1.90 bits per heavy atom. The van der Waals surface area contributed by atoms with Crippen molar-refractivity contribution >= 4 is 23.4 Å². The quantitative estimate of drug-likeness (QED) is 0.812. The van der Waals surface area contributed by atoms with Crippen LogP contribution in [-0.2, 0) is 5.75 Å². The Kier molecular flexibility index (Phi) is 5.35. The Labute approximate surface area is 128 Å². The highest BCUT2D eigenvalue weighted by atomic mass is 35.5. The number of aliphatic hydroxyl groups is 1. The molecule has 0 saturated carbocycles. The van der Waals surface area contributed by atoms with Crippen LogP contribution < -0.4 is 4.74 Å². The Morgan fingerprint density at radius 1 is 1.20 bits per heavy atom. The van der Waals surface area contributed by atoms with Crippen LogP contribution in [0, 0.1) is 0 Å². The predicted molar refractivity (Wildman–Crippen MR) is 84.6 cm³/mol. The smallest absolute Gasteiger partial charge is 0.125 e. The number of aliphatic hydroxyl groups excluding tert-OH is 1. The minimum atomic E-state index is -0.557. The van der Waals surface area contributed by atoms with Gasteiger partial charge < -0.3 is 9.84 Å². The van der Waals surface area contributed by atoms with Crippen molar-refractivity contribution < 1.29 is 9.84 Å². The highest BCUT2D eigenvalue weighted by molar-refractivity contribution is 7.98. The second-order valence-electron chi connectivity index (χ2n) is 4.46. The van der Waals surface area contributed by atoms with E-state index in [0.29, 0.717) is 0 Å². The zero-order chi connectivity index (χ0) is 14.5. The van der Waals surface area contributed by atoms with Gasteiger partial charge in [-0.05, 0) is 36.8 Å². The molecule has 1 N–H and O–H groups in total. The van der Waals surface area contributed by atoms with Gasteiger partial charge in [0.1, 0.15) is 5.75 Å². The van der Waals surface area contributed by atoms with Gasteiger partial charge in [0.25, 0.3) is 0 Å². The average Bonchev–Trinajstić information content (AvgIpc) is 2.46. The van der Waals surface area contributed by atoms with Crippen molar-refractivity contribution in [3.63, 3.8) is 0 Å². The van der Waals surface area contributed by atoms with Gasteiger partial charge in [0, 0.05) is 21.2 Å². The first-order chi connectivity index (χ1) is 9.61. The van der Waals surface area contributed by atoms with Crippen LogP contribution in [0.5, 0.6) is 5.75 Å². The molecule has 0 aliphatic rings. The van der Waals surface area contributed by atoms with Crippen LogP contribution in [-0.4, -0.2) is 12.2 Å². The van der Waals surface area contributed by atoms with Crippen molar-refractivity contribution in [2.45, 2.75) is 23.7 Å². The Bertz CT molecular complexity index is 567. The molecule has 2 nitrogen and oxygen atoms in total. The number of halogens is 1. The van der Waals surface area contributed by atoms with E-state index in [1.54, 1.807) is 25.8 Å². The molecular formula is C16H17ClO2S. The van der Waals surface area contributed by atoms with Crippen molar-refractivity contribution in [1.82, 2.24) is 0 Å². The van der Waals surface area contributed by atoms with E-state index >= 15 is 0 Å². The molecule has 0 heterocycles. The molecular weight excluding hydrogens is 292 g/mol. The lowest BCUT2D eigenvalue weighted by molar-refractivity contribution is 0.191. The molecule has 0 unspecified atom stereocenters. The van der Waals surface area contributed by atoms with E-state index in [1.165, 1.54) is 5.56 Å². The summed E-state index contributed by atoms with van der Waals surface area (Å²) in [6.07, 6.45) is -0.557. The predicted octanol–water partition coefficient (Wildman–Crippen LogP) is 4.69. The normalized spacial score (nSPS) is 12.2. The fraction of sp³-hybridized carbons (Fsp3) is 0.250. The number of thioether (sulfide) groups is 1. The van der Waals surface area contributed by atoms with Gasteiger partial charge in [-0.1, -0.05) is 29.8 Å². The van der Waals surface area contributed by atoms with Crippen LogP contribution in [0.3, 0.4) is 0 Å². The minimum absolute atomic E-state index is 0.557. The minimum Gasteiger partial charge on any atom is -0.496 e. The largest absolute Gasteiger partial charge is 0.496 e. The molecule has 0 amide bonds. The van der Waals surface area contributed by atoms with Crippen molar-refractivity contribution in [3.05, 3.63) is 58.6 Å². The second-order valence-corrected chi connectivity index (χ2v) is 5.92. The maximum Gasteiger partial charge on any atom is 0.125 e. The molecule has 0 aromatic heterocycles. The third-order valence-corrected chi connectivity index (χ3v) is 4.37. The van der Waals surface area contributed by atoms with E-state index < -0.39 is 6.10 Å². The molecule has 0 bridgehead atoms. The SMILES string of the molecule is COc1cccc(SCc2ccc(Cl)cc2)c1[C@@H](C)O. The van der Waals surface area contributed by atoms with Crippen LogP contribution in [0.2, 0.25) is 5.02 Å². The van der Waals surface area contributed by atoms with Gasteiger partial charge >= 0.3 is 0 Å². The van der Waals surface area contributed by atoms with E-state index in [2.05, 4.69) is 0 Å². The van der Waals surface area contributed by atoms with Gasteiger partial charge in [-0.15, -0.1) is 11.8 Å². The van der Waals surface area contributed by atoms with Crippen LogP contribution in [0.15, 0.2) is 47.4 Å². The lowest BCUT2D eigenvalue weighted by Crippen LogP contribution is -1.99. The summed E-state index contributed by atoms with van der Waals surface area (Å²) >= 11 is 7.56. The summed E-state index contributed by atoms with van der Waals surface area (Å²) in [4.78, 5) is 1.04. The third-order valence-electron chi connectivity index (χ3n) is 2.97. The fourth-order valence-corrected chi connectivity index (χ4v) is 3.22. The van der Waals surface area contributed by atoms with Gasteiger partial charge in [0.05, 0.1) is 13.2 Å². The van der Waals surface area contributed by atoms with Gasteiger partial charge in [-0.25, -0.2) is 0 Å². The molecule has 106 valence electrons. The lowest BCUT2D eigenvalue weighted by Gasteiger charge is -2.15. The van der Waals surface area contributed by atoms with Gasteiger partial charge in [0.15, 0.2) is 0 Å². The molecule has 0 fully saturated rings. The van der Waals surface area contributed by atoms with E-state index in [0.717, 1.165) is 27.0 Å². The van der Waals surface area contributed by atoms with Crippen LogP contribution in [0.25, 0.3) is 0 Å². The maximum absolute atomic E-state index is 9.94. The maximum atomic E-state index is 9.94. The highest BCUT2D eigenvalue weighted by Crippen LogP contribution is 2.36.